The summed E-state index contributed by atoms with van der Waals surface area (Å²) in [5.74, 6) is 0.109. The lowest BCUT2D eigenvalue weighted by Crippen LogP contribution is -2.26. The van der Waals surface area contributed by atoms with Gasteiger partial charge in [0.1, 0.15) is 0 Å². The first-order valence-corrected chi connectivity index (χ1v) is 10.9. The minimum atomic E-state index is -3.60. The Hall–Kier alpha value is -1.81. The van der Waals surface area contributed by atoms with Gasteiger partial charge in [0.2, 0.25) is 10.0 Å². The first-order valence-electron chi connectivity index (χ1n) is 8.57. The maximum absolute atomic E-state index is 12.5. The molecule has 1 fully saturated rings. The third kappa shape index (κ3) is 4.47. The molecule has 0 bridgehead atoms. The summed E-state index contributed by atoms with van der Waals surface area (Å²) in [6.07, 6.45) is 3.96. The van der Waals surface area contributed by atoms with Crippen LogP contribution in [0.15, 0.2) is 35.4 Å². The third-order valence-electron chi connectivity index (χ3n) is 4.23. The fourth-order valence-corrected chi connectivity index (χ4v) is 4.95. The fraction of sp³-hybridized carbons (Fsp3) is 0.412. The highest BCUT2D eigenvalue weighted by Gasteiger charge is 2.19. The minimum absolute atomic E-state index is 0.0709. The van der Waals surface area contributed by atoms with Crippen LogP contribution in [0.5, 0.6) is 0 Å². The molecule has 0 atom stereocenters. The predicted octanol–water partition coefficient (Wildman–Crippen LogP) is 2.16. The van der Waals surface area contributed by atoms with Gasteiger partial charge >= 0.3 is 0 Å². The van der Waals surface area contributed by atoms with Crippen molar-refractivity contribution in [1.29, 1.82) is 0 Å². The number of nitrogens with zero attached hydrogens (tertiary/aromatic N) is 1. The van der Waals surface area contributed by atoms with Crippen molar-refractivity contribution in [3.63, 3.8) is 0 Å². The molecule has 0 radical (unpaired) electrons. The number of hydrogen-bond acceptors (Lipinski definition) is 6. The molecule has 26 heavy (non-hydrogen) atoms. The Morgan fingerprint density at radius 3 is 2.85 bits per heavy atom. The number of amides is 1. The topological polar surface area (TPSA) is 100 Å². The average molecular weight is 395 g/mol. The molecule has 2 aromatic rings. The van der Waals surface area contributed by atoms with Crippen LogP contribution in [0, 0.1) is 0 Å². The van der Waals surface area contributed by atoms with Crippen LogP contribution in [0.25, 0.3) is 0 Å². The number of aromatic nitrogens is 1. The molecule has 1 saturated heterocycles. The first-order chi connectivity index (χ1) is 12.5. The molecule has 140 valence electrons. The number of thiazole rings is 1. The second-order valence-corrected chi connectivity index (χ2v) is 8.90. The Kier molecular flexibility index (Phi) is 6.02. The first kappa shape index (κ1) is 19.0. The number of carbonyl (C=O) groups is 1. The summed E-state index contributed by atoms with van der Waals surface area (Å²) in [7, 11) is -3.60. The number of benzene rings is 1. The van der Waals surface area contributed by atoms with E-state index in [0.29, 0.717) is 11.0 Å². The zero-order valence-electron chi connectivity index (χ0n) is 14.5. The highest BCUT2D eigenvalue weighted by atomic mass is 32.2. The Morgan fingerprint density at radius 1 is 1.35 bits per heavy atom. The van der Waals surface area contributed by atoms with E-state index >= 15 is 0 Å². The highest BCUT2D eigenvalue weighted by Crippen LogP contribution is 2.31. The molecule has 0 saturated carbocycles. The van der Waals surface area contributed by atoms with Gasteiger partial charge < -0.3 is 5.32 Å². The van der Waals surface area contributed by atoms with Crippen molar-refractivity contribution < 1.29 is 13.2 Å². The summed E-state index contributed by atoms with van der Waals surface area (Å²) in [5.41, 5.74) is 0.280. The van der Waals surface area contributed by atoms with Crippen LogP contribution >= 0.6 is 11.3 Å². The van der Waals surface area contributed by atoms with Crippen LogP contribution in [0.3, 0.4) is 0 Å². The summed E-state index contributed by atoms with van der Waals surface area (Å²) < 4.78 is 26.6. The molecule has 0 unspecified atom stereocenters. The predicted molar refractivity (Wildman–Crippen MR) is 102 cm³/mol. The smallest absolute Gasteiger partial charge is 0.257 e. The van der Waals surface area contributed by atoms with Crippen LogP contribution in [-0.2, 0) is 10.0 Å². The summed E-state index contributed by atoms with van der Waals surface area (Å²) in [5, 5.41) is 6.63. The van der Waals surface area contributed by atoms with Gasteiger partial charge in [-0.25, -0.2) is 18.1 Å². The van der Waals surface area contributed by atoms with Crippen LogP contribution in [0.2, 0.25) is 0 Å². The summed E-state index contributed by atoms with van der Waals surface area (Å²) in [6, 6.07) is 5.98. The molecule has 0 spiro atoms. The number of anilines is 1. The summed E-state index contributed by atoms with van der Waals surface area (Å²) >= 11 is 1.48. The van der Waals surface area contributed by atoms with Crippen molar-refractivity contribution in [2.24, 2.45) is 0 Å². The van der Waals surface area contributed by atoms with E-state index in [1.807, 2.05) is 6.20 Å². The molecule has 1 aromatic carbocycles. The van der Waals surface area contributed by atoms with Crippen LogP contribution in [0.4, 0.5) is 5.13 Å². The second-order valence-electron chi connectivity index (χ2n) is 6.08. The molecule has 2 heterocycles. The second kappa shape index (κ2) is 8.26. The standard InChI is InChI=1S/C17H22N4O3S2/c1-2-20-26(23,24)14-5-3-4-13(10-14)16(22)21-17-19-11-15(25-17)12-6-8-18-9-7-12/h3-5,10-12,18,20H,2,6-9H2,1H3,(H,19,21,22). The number of hydrogen-bond donors (Lipinski definition) is 3. The van der Waals surface area contributed by atoms with Crippen LogP contribution in [0.1, 0.15) is 40.9 Å². The van der Waals surface area contributed by atoms with Gasteiger partial charge in [0.05, 0.1) is 4.90 Å². The lowest BCUT2D eigenvalue weighted by molar-refractivity contribution is 0.102. The molecule has 1 aromatic heterocycles. The summed E-state index contributed by atoms with van der Waals surface area (Å²) in [6.45, 7) is 3.99. The fourth-order valence-electron chi connectivity index (χ4n) is 2.89. The molecule has 1 aliphatic heterocycles. The molecule has 7 nitrogen and oxygen atoms in total. The molecular formula is C17H22N4O3S2. The van der Waals surface area contributed by atoms with E-state index in [2.05, 4.69) is 20.3 Å². The van der Waals surface area contributed by atoms with Crippen molar-refractivity contribution in [3.8, 4) is 0 Å². The Morgan fingerprint density at radius 2 is 2.12 bits per heavy atom. The number of sulfonamides is 1. The highest BCUT2D eigenvalue weighted by molar-refractivity contribution is 7.89. The van der Waals surface area contributed by atoms with E-state index < -0.39 is 10.0 Å². The van der Waals surface area contributed by atoms with Crippen molar-refractivity contribution >= 4 is 32.4 Å². The molecular weight excluding hydrogens is 372 g/mol. The quantitative estimate of drug-likeness (QED) is 0.697. The van der Waals surface area contributed by atoms with E-state index in [4.69, 9.17) is 0 Å². The lowest BCUT2D eigenvalue weighted by Gasteiger charge is -2.20. The van der Waals surface area contributed by atoms with Gasteiger partial charge in [-0.2, -0.15) is 0 Å². The monoisotopic (exact) mass is 394 g/mol. The van der Waals surface area contributed by atoms with Gasteiger partial charge in [0.25, 0.3) is 5.91 Å². The van der Waals surface area contributed by atoms with Crippen molar-refractivity contribution in [2.45, 2.75) is 30.6 Å². The molecule has 3 rings (SSSR count). The Bertz CT molecular complexity index is 874. The third-order valence-corrected chi connectivity index (χ3v) is 6.84. The maximum atomic E-state index is 12.5. The zero-order chi connectivity index (χ0) is 18.6. The molecule has 9 heteroatoms. The average Bonchev–Trinajstić information content (AvgIpc) is 3.11. The number of piperidine rings is 1. The SMILES string of the molecule is CCNS(=O)(=O)c1cccc(C(=O)Nc2ncc(C3CCNCC3)s2)c1. The van der Waals surface area contributed by atoms with Crippen molar-refractivity contribution in [3.05, 3.63) is 40.9 Å². The number of carbonyl (C=O) groups excluding carboxylic acids is 1. The van der Waals surface area contributed by atoms with Gasteiger partial charge in [-0.05, 0) is 50.0 Å². The van der Waals surface area contributed by atoms with E-state index in [9.17, 15) is 13.2 Å². The van der Waals surface area contributed by atoms with Gasteiger partial charge in [0.15, 0.2) is 5.13 Å². The maximum Gasteiger partial charge on any atom is 0.257 e. The van der Waals surface area contributed by atoms with Gasteiger partial charge in [-0.15, -0.1) is 11.3 Å². The van der Waals surface area contributed by atoms with E-state index in [0.717, 1.165) is 25.9 Å². The normalized spacial score (nSPS) is 15.7. The van der Waals surface area contributed by atoms with Crippen molar-refractivity contribution in [1.82, 2.24) is 15.0 Å². The number of nitrogens with one attached hydrogen (secondary N) is 3. The molecule has 1 aliphatic rings. The van der Waals surface area contributed by atoms with Gasteiger partial charge in [0, 0.05) is 23.2 Å². The molecule has 0 aliphatic carbocycles. The molecule has 1 amide bonds. The van der Waals surface area contributed by atoms with E-state index in [1.165, 1.54) is 28.3 Å². The molecule has 3 N–H and O–H groups in total. The Balaban J connectivity index is 1.71. The van der Waals surface area contributed by atoms with Crippen LogP contribution < -0.4 is 15.4 Å². The van der Waals surface area contributed by atoms with Crippen molar-refractivity contribution in [2.75, 3.05) is 25.0 Å². The lowest BCUT2D eigenvalue weighted by atomic mass is 9.97. The van der Waals surface area contributed by atoms with Crippen LogP contribution in [-0.4, -0.2) is 38.9 Å². The number of rotatable bonds is 6. The largest absolute Gasteiger partial charge is 0.317 e. The van der Waals surface area contributed by atoms with Gasteiger partial charge in [-0.1, -0.05) is 13.0 Å². The zero-order valence-corrected chi connectivity index (χ0v) is 16.1. The van der Waals surface area contributed by atoms with Gasteiger partial charge in [-0.3, -0.25) is 10.1 Å². The Labute approximate surface area is 157 Å². The minimum Gasteiger partial charge on any atom is -0.317 e. The summed E-state index contributed by atoms with van der Waals surface area (Å²) in [4.78, 5) is 18.0. The van der Waals surface area contributed by atoms with E-state index in [-0.39, 0.29) is 22.9 Å². The van der Waals surface area contributed by atoms with E-state index in [1.54, 1.807) is 19.1 Å².